The summed E-state index contributed by atoms with van der Waals surface area (Å²) in [6.45, 7) is 8.23. The van der Waals surface area contributed by atoms with Gasteiger partial charge in [-0.05, 0) is 46.1 Å². The Morgan fingerprint density at radius 1 is 1.29 bits per heavy atom. The van der Waals surface area contributed by atoms with Crippen LogP contribution in [0.5, 0.6) is 0 Å². The number of benzene rings is 1. The second kappa shape index (κ2) is 9.53. The number of hydroxylamine groups is 1. The van der Waals surface area contributed by atoms with Gasteiger partial charge in [-0.15, -0.1) is 0 Å². The van der Waals surface area contributed by atoms with Gasteiger partial charge >= 0.3 is 12.1 Å². The summed E-state index contributed by atoms with van der Waals surface area (Å²) >= 11 is 0. The molecule has 0 spiro atoms. The first kappa shape index (κ1) is 22.4. The molecule has 8 heteroatoms. The van der Waals surface area contributed by atoms with E-state index in [1.54, 1.807) is 6.92 Å². The molecule has 1 amide bonds. The smallest absolute Gasteiger partial charge is 0.411 e. The number of carbonyl (C=O) groups excluding carboxylic acids is 2. The van der Waals surface area contributed by atoms with E-state index >= 15 is 0 Å². The van der Waals surface area contributed by atoms with Crippen LogP contribution >= 0.6 is 0 Å². The Balaban J connectivity index is 2.05. The third-order valence-electron chi connectivity index (χ3n) is 4.45. The molecule has 7 nitrogen and oxygen atoms in total. The van der Waals surface area contributed by atoms with Crippen LogP contribution in [0.3, 0.4) is 0 Å². The summed E-state index contributed by atoms with van der Waals surface area (Å²) < 4.78 is 10.7. The maximum Gasteiger partial charge on any atom is 0.411 e. The van der Waals surface area contributed by atoms with Crippen LogP contribution in [-0.4, -0.2) is 57.2 Å². The lowest BCUT2D eigenvalue weighted by Gasteiger charge is -2.44. The molecular weight excluding hydrogens is 376 g/mol. The number of nitrogens with one attached hydrogen (secondary N) is 1. The number of amides is 1. The van der Waals surface area contributed by atoms with Crippen LogP contribution in [0.2, 0.25) is 0 Å². The lowest BCUT2D eigenvalue weighted by atomic mass is 9.98. The summed E-state index contributed by atoms with van der Waals surface area (Å²) in [4.78, 5) is 32.3. The molecule has 0 saturated carbocycles. The molecule has 156 valence electrons. The maximum absolute atomic E-state index is 12.8. The van der Waals surface area contributed by atoms with E-state index < -0.39 is 17.7 Å². The molecular formula is C20H32N2O5Si. The zero-order valence-electron chi connectivity index (χ0n) is 17.5. The van der Waals surface area contributed by atoms with Gasteiger partial charge in [-0.1, -0.05) is 30.3 Å². The first-order valence-corrected chi connectivity index (χ1v) is 10.7. The van der Waals surface area contributed by atoms with Gasteiger partial charge in [-0.25, -0.2) is 9.59 Å². The number of likely N-dealkylation sites (tertiary alicyclic amines) is 1. The summed E-state index contributed by atoms with van der Waals surface area (Å²) in [5.41, 5.74) is 3.57. The molecule has 1 aliphatic rings. The molecule has 1 fully saturated rings. The molecule has 0 radical (unpaired) electrons. The van der Waals surface area contributed by atoms with Gasteiger partial charge in [-0.2, -0.15) is 5.48 Å². The van der Waals surface area contributed by atoms with Gasteiger partial charge in [0.25, 0.3) is 0 Å². The van der Waals surface area contributed by atoms with E-state index in [4.69, 9.17) is 14.3 Å². The fraction of sp³-hybridized carbons (Fsp3) is 0.600. The van der Waals surface area contributed by atoms with Crippen molar-refractivity contribution < 1.29 is 23.9 Å². The second-order valence-corrected chi connectivity index (χ2v) is 10.3. The predicted molar refractivity (Wildman–Crippen MR) is 110 cm³/mol. The first-order chi connectivity index (χ1) is 13.1. The normalized spacial score (nSPS) is 22.7. The molecule has 2 rings (SSSR count). The third-order valence-corrected chi connectivity index (χ3v) is 5.47. The lowest BCUT2D eigenvalue weighted by Crippen LogP contribution is -2.63. The van der Waals surface area contributed by atoms with Crippen molar-refractivity contribution in [2.45, 2.75) is 63.9 Å². The van der Waals surface area contributed by atoms with Gasteiger partial charge in [0.05, 0.1) is 13.2 Å². The quantitative estimate of drug-likeness (QED) is 0.439. The highest BCUT2D eigenvalue weighted by Crippen LogP contribution is 2.26. The number of carbonyl (C=O) groups is 2. The summed E-state index contributed by atoms with van der Waals surface area (Å²) in [5.74, 6) is -0.387. The van der Waals surface area contributed by atoms with Crippen molar-refractivity contribution in [1.29, 1.82) is 0 Å². The minimum Gasteiger partial charge on any atom is -0.464 e. The molecule has 1 aromatic carbocycles. The minimum absolute atomic E-state index is 0.280. The molecule has 0 aromatic heterocycles. The van der Waals surface area contributed by atoms with Crippen molar-refractivity contribution in [3.63, 3.8) is 0 Å². The van der Waals surface area contributed by atoms with E-state index in [0.717, 1.165) is 22.2 Å². The van der Waals surface area contributed by atoms with Crippen molar-refractivity contribution in [3.8, 4) is 0 Å². The highest BCUT2D eigenvalue weighted by molar-refractivity contribution is 6.15. The molecule has 0 aliphatic carbocycles. The van der Waals surface area contributed by atoms with Crippen LogP contribution in [-0.2, 0) is 25.7 Å². The van der Waals surface area contributed by atoms with Crippen LogP contribution < -0.4 is 5.48 Å². The van der Waals surface area contributed by atoms with Gasteiger partial charge in [0.1, 0.15) is 11.6 Å². The van der Waals surface area contributed by atoms with Crippen molar-refractivity contribution in [2.24, 2.45) is 0 Å². The monoisotopic (exact) mass is 408 g/mol. The van der Waals surface area contributed by atoms with E-state index in [0.29, 0.717) is 19.6 Å². The van der Waals surface area contributed by atoms with E-state index in [1.165, 1.54) is 4.90 Å². The van der Waals surface area contributed by atoms with Crippen molar-refractivity contribution in [2.75, 3.05) is 13.2 Å². The van der Waals surface area contributed by atoms with Crippen LogP contribution in [0.15, 0.2) is 30.3 Å². The standard InChI is InChI=1S/C20H32N2O5Si/c1-5-25-17(23)16-11-12-20(28,14-22(16)18(24)27-19(2,3)4)21-26-13-15-9-7-6-8-10-15/h6-10,16,21H,5,11-14H2,1-4,28H3/t16-,20+/m1/s1. The summed E-state index contributed by atoms with van der Waals surface area (Å²) in [7, 11) is 0.734. The minimum atomic E-state index is -0.640. The number of piperidine rings is 1. The van der Waals surface area contributed by atoms with E-state index in [1.807, 2.05) is 51.1 Å². The van der Waals surface area contributed by atoms with E-state index in [2.05, 4.69) is 5.48 Å². The van der Waals surface area contributed by atoms with Gasteiger partial charge in [0, 0.05) is 21.9 Å². The maximum atomic E-state index is 12.8. The van der Waals surface area contributed by atoms with E-state index in [9.17, 15) is 9.59 Å². The Hall–Kier alpha value is -1.90. The van der Waals surface area contributed by atoms with Crippen LogP contribution in [0, 0.1) is 0 Å². The molecule has 1 heterocycles. The van der Waals surface area contributed by atoms with Gasteiger partial charge < -0.3 is 9.47 Å². The predicted octanol–water partition coefficient (Wildman–Crippen LogP) is 1.73. The zero-order chi connectivity index (χ0) is 20.8. The van der Waals surface area contributed by atoms with Crippen LogP contribution in [0.4, 0.5) is 4.79 Å². The fourth-order valence-corrected chi connectivity index (χ4v) is 3.90. The lowest BCUT2D eigenvalue weighted by molar-refractivity contribution is -0.152. The zero-order valence-corrected chi connectivity index (χ0v) is 19.5. The number of nitrogens with zero attached hydrogens (tertiary/aromatic N) is 1. The van der Waals surface area contributed by atoms with Crippen LogP contribution in [0.1, 0.15) is 46.1 Å². The topological polar surface area (TPSA) is 77.1 Å². The van der Waals surface area contributed by atoms with E-state index in [-0.39, 0.29) is 17.7 Å². The fourth-order valence-electron chi connectivity index (χ4n) is 3.12. The number of hydrogen-bond acceptors (Lipinski definition) is 6. The highest BCUT2D eigenvalue weighted by Gasteiger charge is 2.44. The Morgan fingerprint density at radius 3 is 2.57 bits per heavy atom. The average Bonchev–Trinajstić information content (AvgIpc) is 2.61. The SMILES string of the molecule is CCOC(=O)[C@H]1CC[C@@]([SiH3])(NOCc2ccccc2)CN1C(=O)OC(C)(C)C. The largest absolute Gasteiger partial charge is 0.464 e. The van der Waals surface area contributed by atoms with Gasteiger partial charge in [0.15, 0.2) is 0 Å². The summed E-state index contributed by atoms with van der Waals surface area (Å²) in [6, 6.07) is 9.24. The van der Waals surface area contributed by atoms with Gasteiger partial charge in [-0.3, -0.25) is 9.74 Å². The molecule has 1 aromatic rings. The van der Waals surface area contributed by atoms with Crippen molar-refractivity contribution >= 4 is 22.3 Å². The van der Waals surface area contributed by atoms with Crippen molar-refractivity contribution in [1.82, 2.24) is 10.4 Å². The second-order valence-electron chi connectivity index (χ2n) is 8.35. The Morgan fingerprint density at radius 2 is 1.96 bits per heavy atom. The number of esters is 1. The highest BCUT2D eigenvalue weighted by atomic mass is 28.1. The first-order valence-electron chi connectivity index (χ1n) is 9.73. The molecule has 0 unspecified atom stereocenters. The van der Waals surface area contributed by atoms with Gasteiger partial charge in [0.2, 0.25) is 0 Å². The Labute approximate surface area is 170 Å². The molecule has 28 heavy (non-hydrogen) atoms. The molecule has 1 saturated heterocycles. The molecule has 1 aliphatic heterocycles. The number of rotatable bonds is 6. The molecule has 0 bridgehead atoms. The molecule has 2 atom stereocenters. The Kier molecular flexibility index (Phi) is 7.62. The summed E-state index contributed by atoms with van der Waals surface area (Å²) in [6.07, 6.45) is 0.718. The number of hydrogen-bond donors (Lipinski definition) is 1. The Bertz CT molecular complexity index is 664. The third kappa shape index (κ3) is 6.61. The van der Waals surface area contributed by atoms with Crippen LogP contribution in [0.25, 0.3) is 0 Å². The summed E-state index contributed by atoms with van der Waals surface area (Å²) in [5, 5.41) is -0.366. The number of ether oxygens (including phenoxy) is 2. The average molecular weight is 409 g/mol. The van der Waals surface area contributed by atoms with Crippen molar-refractivity contribution in [3.05, 3.63) is 35.9 Å². The molecule has 1 N–H and O–H groups in total.